The van der Waals surface area contributed by atoms with Gasteiger partial charge >= 0.3 is 11.9 Å². The molecule has 1 saturated carbocycles. The number of nitrogens with one attached hydrogen (secondary N) is 4. The molecule has 0 radical (unpaired) electrons. The predicted octanol–water partition coefficient (Wildman–Crippen LogP) is 0.569. The molecule has 61 heavy (non-hydrogen) atoms. The Balaban J connectivity index is 0.975. The first kappa shape index (κ1) is 43.1. The van der Waals surface area contributed by atoms with E-state index in [9.17, 15) is 38.7 Å². The van der Waals surface area contributed by atoms with Crippen molar-refractivity contribution < 1.29 is 52.5 Å². The Morgan fingerprint density at radius 1 is 1.15 bits per heavy atom. The van der Waals surface area contributed by atoms with Gasteiger partial charge in [-0.15, -0.1) is 0 Å². The topological polar surface area (TPSA) is 259 Å². The minimum Gasteiger partial charge on any atom is -0.461 e. The van der Waals surface area contributed by atoms with Gasteiger partial charge in [0.1, 0.15) is 31.8 Å². The second-order valence-electron chi connectivity index (χ2n) is 15.7. The van der Waals surface area contributed by atoms with Gasteiger partial charge in [-0.3, -0.25) is 28.8 Å². The molecule has 4 heterocycles. The van der Waals surface area contributed by atoms with Gasteiger partial charge in [-0.2, -0.15) is 0 Å². The number of halogens is 1. The molecule has 19 heteroatoms. The normalized spacial score (nSPS) is 21.1. The Bertz CT molecular complexity index is 2410. The minimum absolute atomic E-state index is 0.00212. The van der Waals surface area contributed by atoms with Gasteiger partial charge in [-0.05, 0) is 68.2 Å². The van der Waals surface area contributed by atoms with Crippen LogP contribution in [-0.4, -0.2) is 88.8 Å². The monoisotopic (exact) mass is 845 g/mol. The third kappa shape index (κ3) is 8.24. The van der Waals surface area contributed by atoms with Gasteiger partial charge < -0.3 is 50.9 Å². The van der Waals surface area contributed by atoms with E-state index in [1.54, 1.807) is 19.9 Å². The number of nitrogens with zero attached hydrogens (tertiary/aromatic N) is 2. The summed E-state index contributed by atoms with van der Waals surface area (Å²) < 4.78 is 32.7. The molecule has 18 nitrogen and oxygen atoms in total. The number of aryl methyl sites for hydroxylation is 1. The molecule has 1 aromatic carbocycles. The van der Waals surface area contributed by atoms with Crippen LogP contribution in [0.3, 0.4) is 0 Å². The summed E-state index contributed by atoms with van der Waals surface area (Å²) in [4.78, 5) is 94.1. The second-order valence-corrected chi connectivity index (χ2v) is 15.7. The number of amides is 4. The first-order chi connectivity index (χ1) is 29.2. The maximum absolute atomic E-state index is 15.3. The number of aromatic nitrogens is 2. The molecule has 0 unspecified atom stereocenters. The average Bonchev–Trinajstić information content (AvgIpc) is 3.60. The molecular weight excluding hydrogens is 797 g/mol. The molecule has 0 spiro atoms. The number of ether oxygens (including phenoxy) is 3. The zero-order valence-electron chi connectivity index (χ0n) is 33.8. The van der Waals surface area contributed by atoms with Crippen LogP contribution in [0.1, 0.15) is 84.9 Å². The number of aliphatic hydroxyl groups is 1. The highest BCUT2D eigenvalue weighted by Gasteiger charge is 2.46. The third-order valence-corrected chi connectivity index (χ3v) is 12.0. The van der Waals surface area contributed by atoms with Crippen LogP contribution in [0.2, 0.25) is 0 Å². The average molecular weight is 846 g/mol. The van der Waals surface area contributed by atoms with E-state index in [4.69, 9.17) is 24.9 Å². The number of benzene rings is 1. The van der Waals surface area contributed by atoms with Gasteiger partial charge in [0, 0.05) is 34.9 Å². The number of esters is 2. The highest BCUT2D eigenvalue weighted by Crippen LogP contribution is 2.46. The number of hydrogen-bond acceptors (Lipinski definition) is 13. The van der Waals surface area contributed by atoms with Gasteiger partial charge in [0.25, 0.3) is 5.56 Å². The molecule has 3 aromatic rings. The number of carbonyl (C=O) groups is 6. The van der Waals surface area contributed by atoms with E-state index in [1.165, 1.54) is 16.7 Å². The van der Waals surface area contributed by atoms with Crippen LogP contribution in [-0.2, 0) is 68.2 Å². The summed E-state index contributed by atoms with van der Waals surface area (Å²) in [5, 5.41) is 22.6. The maximum atomic E-state index is 15.3. The highest BCUT2D eigenvalue weighted by molar-refractivity contribution is 5.94. The van der Waals surface area contributed by atoms with Crippen molar-refractivity contribution in [2.75, 3.05) is 26.4 Å². The fourth-order valence-corrected chi connectivity index (χ4v) is 8.51. The highest BCUT2D eigenvalue weighted by atomic mass is 19.1. The number of pyridine rings is 2. The predicted molar refractivity (Wildman–Crippen MR) is 213 cm³/mol. The van der Waals surface area contributed by atoms with Crippen molar-refractivity contribution in [2.24, 2.45) is 11.7 Å². The van der Waals surface area contributed by atoms with E-state index < -0.39 is 71.2 Å². The number of hydrogen-bond donors (Lipinski definition) is 6. The molecule has 4 aliphatic rings. The Morgan fingerprint density at radius 2 is 1.92 bits per heavy atom. The lowest BCUT2D eigenvalue weighted by atomic mass is 9.79. The zero-order valence-corrected chi connectivity index (χ0v) is 33.8. The number of carbonyl (C=O) groups excluding carboxylic acids is 6. The molecule has 2 aromatic heterocycles. The zero-order chi connectivity index (χ0) is 43.7. The smallest absolute Gasteiger partial charge is 0.343 e. The van der Waals surface area contributed by atoms with Crippen LogP contribution in [0, 0.1) is 18.7 Å². The Morgan fingerprint density at radius 3 is 2.64 bits per heavy atom. The van der Waals surface area contributed by atoms with Crippen molar-refractivity contribution in [2.45, 2.75) is 95.7 Å². The Kier molecular flexibility index (Phi) is 12.4. The maximum Gasteiger partial charge on any atom is 0.343 e. The molecule has 7 rings (SSSR count). The summed E-state index contributed by atoms with van der Waals surface area (Å²) in [5.74, 6) is -4.36. The molecule has 3 atom stereocenters. The van der Waals surface area contributed by atoms with Crippen molar-refractivity contribution in [1.29, 1.82) is 0 Å². The summed E-state index contributed by atoms with van der Waals surface area (Å²) in [7, 11) is 0. The Labute approximate surface area is 348 Å². The lowest BCUT2D eigenvalue weighted by Gasteiger charge is -2.36. The first-order valence-electron chi connectivity index (χ1n) is 20.2. The van der Waals surface area contributed by atoms with E-state index in [0.29, 0.717) is 53.7 Å². The van der Waals surface area contributed by atoms with Crippen molar-refractivity contribution in [3.8, 4) is 11.4 Å². The summed E-state index contributed by atoms with van der Waals surface area (Å²) in [6.45, 7) is 5.60. The van der Waals surface area contributed by atoms with Gasteiger partial charge in [0.2, 0.25) is 23.6 Å². The molecule has 324 valence electrons. The molecule has 2 aliphatic carbocycles. The number of fused-ring (bicyclic) bond motifs is 5. The number of nitrogens with two attached hydrogens (primary N) is 1. The number of cyclic esters (lactones) is 1. The van der Waals surface area contributed by atoms with Crippen LogP contribution in [0.5, 0.6) is 0 Å². The van der Waals surface area contributed by atoms with Crippen molar-refractivity contribution in [1.82, 2.24) is 30.8 Å². The molecule has 4 amide bonds. The quantitative estimate of drug-likeness (QED) is 0.0513. The fourth-order valence-electron chi connectivity index (χ4n) is 8.51. The molecule has 1 fully saturated rings. The van der Waals surface area contributed by atoms with Crippen LogP contribution in [0.4, 0.5) is 4.39 Å². The number of rotatable bonds is 16. The van der Waals surface area contributed by atoms with Crippen molar-refractivity contribution >= 4 is 46.5 Å². The summed E-state index contributed by atoms with van der Waals surface area (Å²) in [5.41, 5.74) is 7.11. The standard InChI is InChI=1S/C42H48FN7O11/c1-4-10-59-34(53)9-8-29(47-32(51)15-44)39(55)45-16-33(52)46-19-61-22-11-21(12-22)38(54)49-28-7-6-23-20(3)27(43)14-30-35(23)36(28)24-17-50-31(37(24)48-30)13-26-25(40(50)56)18-60-41(57)42(26,58)5-2/h4,13-14,21-22,28-29,58H,1,5-12,15-19,44H2,2-3H3,(H,45,55)(H,46,52)(H,47,51)(H,49,54)/t21?,22?,28-,29-,42-/m0/s1. The lowest BCUT2D eigenvalue weighted by molar-refractivity contribution is -0.172. The first-order valence-corrected chi connectivity index (χ1v) is 20.2. The van der Waals surface area contributed by atoms with Crippen LogP contribution in [0.25, 0.3) is 22.3 Å². The third-order valence-electron chi connectivity index (χ3n) is 12.0. The van der Waals surface area contributed by atoms with Crippen molar-refractivity contribution in [3.05, 3.63) is 74.3 Å². The van der Waals surface area contributed by atoms with Gasteiger partial charge in [0.05, 0.1) is 54.2 Å². The summed E-state index contributed by atoms with van der Waals surface area (Å²) in [6.07, 6.45) is 2.48. The lowest BCUT2D eigenvalue weighted by Crippen LogP contribution is -2.50. The molecule has 0 bridgehead atoms. The van der Waals surface area contributed by atoms with E-state index in [1.807, 2.05) is 0 Å². The van der Waals surface area contributed by atoms with E-state index in [2.05, 4.69) is 27.8 Å². The molecular formula is C42H48FN7O11. The molecule has 7 N–H and O–H groups in total. The largest absolute Gasteiger partial charge is 0.461 e. The Hall–Kier alpha value is -6.05. The van der Waals surface area contributed by atoms with Crippen LogP contribution < -0.4 is 32.6 Å². The van der Waals surface area contributed by atoms with E-state index in [0.717, 1.165) is 16.5 Å². The summed E-state index contributed by atoms with van der Waals surface area (Å²) in [6, 6.07) is 1.33. The van der Waals surface area contributed by atoms with Crippen LogP contribution >= 0.6 is 0 Å². The van der Waals surface area contributed by atoms with Crippen molar-refractivity contribution in [3.63, 3.8) is 0 Å². The summed E-state index contributed by atoms with van der Waals surface area (Å²) >= 11 is 0. The SMILES string of the molecule is C=CCOC(=O)CC[C@H](NC(=O)CN)C(=O)NCC(=O)NCOC1CC(C(=O)N[C@H]2CCc3c(C)c(F)cc4nc5c(c2c34)Cn2c-5cc3c(c2=O)COC(=O)[C@]3(O)CC)C1. The fraction of sp³-hybridized carbons (Fsp3) is 0.476. The molecule has 2 aliphatic heterocycles. The van der Waals surface area contributed by atoms with Gasteiger partial charge in [-0.1, -0.05) is 19.6 Å². The second kappa shape index (κ2) is 17.5. The van der Waals surface area contributed by atoms with Gasteiger partial charge in [-0.25, -0.2) is 14.2 Å². The van der Waals surface area contributed by atoms with Gasteiger partial charge in [0.15, 0.2) is 5.60 Å². The molecule has 0 saturated heterocycles. The minimum atomic E-state index is -2.02. The van der Waals surface area contributed by atoms with Crippen LogP contribution in [0.15, 0.2) is 29.6 Å². The van der Waals surface area contributed by atoms with E-state index in [-0.39, 0.29) is 75.4 Å². The van der Waals surface area contributed by atoms with E-state index >= 15 is 4.39 Å².